The first-order valence-corrected chi connectivity index (χ1v) is 4.27. The second-order valence-corrected chi connectivity index (χ2v) is 2.88. The van der Waals surface area contributed by atoms with Crippen LogP contribution in [-0.4, -0.2) is 55.2 Å². The third-order valence-corrected chi connectivity index (χ3v) is 1.64. The number of carbonyl (C=O) groups is 2. The average Bonchev–Trinajstić information content (AvgIpc) is 2.09. The van der Waals surface area contributed by atoms with Crippen molar-refractivity contribution in [3.63, 3.8) is 0 Å². The Labute approximate surface area is 82.6 Å². The van der Waals surface area contributed by atoms with Gasteiger partial charge in [0.25, 0.3) is 0 Å². The molecular weight excluding hydrogens is 188 g/mol. The lowest BCUT2D eigenvalue weighted by atomic mass is 10.3. The molecule has 0 spiro atoms. The summed E-state index contributed by atoms with van der Waals surface area (Å²) < 4.78 is 4.81. The molecule has 0 aromatic heterocycles. The largest absolute Gasteiger partial charge is 0.480 e. The third kappa shape index (κ3) is 7.51. The van der Waals surface area contributed by atoms with E-state index in [0.29, 0.717) is 19.7 Å². The summed E-state index contributed by atoms with van der Waals surface area (Å²) in [5, 5.41) is 8.55. The predicted molar refractivity (Wildman–Crippen MR) is 49.8 cm³/mol. The van der Waals surface area contributed by atoms with Gasteiger partial charge in [0.2, 0.25) is 5.91 Å². The van der Waals surface area contributed by atoms with Gasteiger partial charge in [-0.25, -0.2) is 0 Å². The van der Waals surface area contributed by atoms with Crippen molar-refractivity contribution < 1.29 is 19.4 Å². The van der Waals surface area contributed by atoms with E-state index in [-0.39, 0.29) is 13.0 Å². The van der Waals surface area contributed by atoms with Crippen LogP contribution < -0.4 is 5.73 Å². The highest BCUT2D eigenvalue weighted by atomic mass is 16.5. The van der Waals surface area contributed by atoms with Crippen molar-refractivity contribution in [2.45, 2.75) is 6.42 Å². The Morgan fingerprint density at radius 2 is 2.07 bits per heavy atom. The Bertz CT molecular complexity index is 196. The molecule has 0 aliphatic heterocycles. The fraction of sp³-hybridized carbons (Fsp3) is 0.750. The second kappa shape index (κ2) is 7.28. The number of carboxylic acid groups (broad SMARTS) is 1. The van der Waals surface area contributed by atoms with Crippen molar-refractivity contribution in [3.8, 4) is 0 Å². The summed E-state index contributed by atoms with van der Waals surface area (Å²) in [6.07, 6.45) is 0.164. The van der Waals surface area contributed by atoms with Gasteiger partial charge in [-0.05, 0) is 0 Å². The minimum absolute atomic E-state index is 0.101. The molecule has 0 saturated heterocycles. The molecule has 1 amide bonds. The minimum Gasteiger partial charge on any atom is -0.480 e. The Kier molecular flexibility index (Phi) is 6.69. The van der Waals surface area contributed by atoms with Crippen LogP contribution in [-0.2, 0) is 14.3 Å². The van der Waals surface area contributed by atoms with E-state index in [4.69, 9.17) is 15.6 Å². The first-order valence-electron chi connectivity index (χ1n) is 4.27. The summed E-state index contributed by atoms with van der Waals surface area (Å²) in [7, 11) is 1.53. The normalized spacial score (nSPS) is 10.4. The maximum Gasteiger partial charge on any atom is 0.317 e. The molecule has 0 saturated carbocycles. The van der Waals surface area contributed by atoms with Crippen molar-refractivity contribution in [2.75, 3.05) is 33.4 Å². The summed E-state index contributed by atoms with van der Waals surface area (Å²) in [6, 6.07) is 0. The number of amides is 1. The molecule has 0 aliphatic rings. The molecule has 0 unspecified atom stereocenters. The number of nitrogens with zero attached hydrogens (tertiary/aromatic N) is 1. The topological polar surface area (TPSA) is 92.9 Å². The van der Waals surface area contributed by atoms with Crippen LogP contribution in [0.25, 0.3) is 0 Å². The standard InChI is InChI=1S/C8H16N2O4/c1-14-5-4-10(6-8(12)13)3-2-7(9)11/h2-6H2,1H3,(H2,9,11)(H,12,13). The molecule has 0 aromatic carbocycles. The summed E-state index contributed by atoms with van der Waals surface area (Å²) in [6.45, 7) is 1.17. The van der Waals surface area contributed by atoms with Gasteiger partial charge >= 0.3 is 5.97 Å². The number of rotatable bonds is 8. The van der Waals surface area contributed by atoms with Crippen molar-refractivity contribution in [1.29, 1.82) is 0 Å². The number of carboxylic acids is 1. The zero-order valence-corrected chi connectivity index (χ0v) is 8.23. The van der Waals surface area contributed by atoms with E-state index >= 15 is 0 Å². The minimum atomic E-state index is -0.925. The monoisotopic (exact) mass is 204 g/mol. The second-order valence-electron chi connectivity index (χ2n) is 2.88. The van der Waals surface area contributed by atoms with Gasteiger partial charge in [0.15, 0.2) is 0 Å². The smallest absolute Gasteiger partial charge is 0.317 e. The molecule has 0 aromatic rings. The van der Waals surface area contributed by atoms with Gasteiger partial charge in [0.05, 0.1) is 13.2 Å². The Morgan fingerprint density at radius 3 is 2.50 bits per heavy atom. The van der Waals surface area contributed by atoms with E-state index in [9.17, 15) is 9.59 Å². The van der Waals surface area contributed by atoms with Crippen LogP contribution in [0.5, 0.6) is 0 Å². The molecule has 0 atom stereocenters. The number of methoxy groups -OCH3 is 1. The number of hydrogen-bond acceptors (Lipinski definition) is 4. The van der Waals surface area contributed by atoms with E-state index in [2.05, 4.69) is 0 Å². The molecule has 0 fully saturated rings. The maximum absolute atomic E-state index is 10.5. The van der Waals surface area contributed by atoms with E-state index in [1.54, 1.807) is 4.90 Å². The highest BCUT2D eigenvalue weighted by molar-refractivity contribution is 5.74. The molecular formula is C8H16N2O4. The van der Waals surface area contributed by atoms with E-state index in [1.165, 1.54) is 7.11 Å². The molecule has 0 radical (unpaired) electrons. The van der Waals surface area contributed by atoms with Crippen LogP contribution in [0.2, 0.25) is 0 Å². The third-order valence-electron chi connectivity index (χ3n) is 1.64. The number of primary amides is 1. The zero-order valence-electron chi connectivity index (χ0n) is 8.23. The summed E-state index contributed by atoms with van der Waals surface area (Å²) >= 11 is 0. The van der Waals surface area contributed by atoms with Gasteiger partial charge in [-0.15, -0.1) is 0 Å². The SMILES string of the molecule is COCCN(CCC(N)=O)CC(=O)O. The molecule has 3 N–H and O–H groups in total. The van der Waals surface area contributed by atoms with E-state index in [1.807, 2.05) is 0 Å². The summed E-state index contributed by atoms with van der Waals surface area (Å²) in [4.78, 5) is 22.5. The fourth-order valence-corrected chi connectivity index (χ4v) is 0.950. The molecule has 0 aliphatic carbocycles. The van der Waals surface area contributed by atoms with Crippen LogP contribution in [0.15, 0.2) is 0 Å². The van der Waals surface area contributed by atoms with Crippen molar-refractivity contribution in [1.82, 2.24) is 4.90 Å². The van der Waals surface area contributed by atoms with Crippen LogP contribution in [0.1, 0.15) is 6.42 Å². The van der Waals surface area contributed by atoms with Gasteiger partial charge in [0, 0.05) is 26.6 Å². The molecule has 0 heterocycles. The number of hydrogen-bond donors (Lipinski definition) is 2. The molecule has 0 bridgehead atoms. The lowest BCUT2D eigenvalue weighted by molar-refractivity contribution is -0.138. The fourth-order valence-electron chi connectivity index (χ4n) is 0.950. The van der Waals surface area contributed by atoms with Crippen LogP contribution >= 0.6 is 0 Å². The molecule has 82 valence electrons. The van der Waals surface area contributed by atoms with Crippen LogP contribution in [0.4, 0.5) is 0 Å². The van der Waals surface area contributed by atoms with Gasteiger partial charge in [-0.1, -0.05) is 0 Å². The number of ether oxygens (including phenoxy) is 1. The lowest BCUT2D eigenvalue weighted by Gasteiger charge is -2.18. The predicted octanol–water partition coefficient (Wildman–Crippen LogP) is -1.11. The van der Waals surface area contributed by atoms with Crippen molar-refractivity contribution in [3.05, 3.63) is 0 Å². The average molecular weight is 204 g/mol. The van der Waals surface area contributed by atoms with Gasteiger partial charge in [0.1, 0.15) is 0 Å². The first kappa shape index (κ1) is 12.9. The Hall–Kier alpha value is -1.14. The Morgan fingerprint density at radius 1 is 1.43 bits per heavy atom. The molecule has 14 heavy (non-hydrogen) atoms. The lowest BCUT2D eigenvalue weighted by Crippen LogP contribution is -2.35. The summed E-state index contributed by atoms with van der Waals surface area (Å²) in [5.74, 6) is -1.36. The van der Waals surface area contributed by atoms with Crippen LogP contribution in [0, 0.1) is 0 Å². The Balaban J connectivity index is 3.83. The number of aliphatic carboxylic acids is 1. The van der Waals surface area contributed by atoms with Gasteiger partial charge < -0.3 is 15.6 Å². The van der Waals surface area contributed by atoms with E-state index < -0.39 is 11.9 Å². The molecule has 6 nitrogen and oxygen atoms in total. The maximum atomic E-state index is 10.5. The van der Waals surface area contributed by atoms with Crippen molar-refractivity contribution in [2.24, 2.45) is 5.73 Å². The van der Waals surface area contributed by atoms with E-state index in [0.717, 1.165) is 0 Å². The molecule has 0 rings (SSSR count). The first-order chi connectivity index (χ1) is 6.56. The highest BCUT2D eigenvalue weighted by Gasteiger charge is 2.09. The zero-order chi connectivity index (χ0) is 11.0. The van der Waals surface area contributed by atoms with Gasteiger partial charge in [-0.2, -0.15) is 0 Å². The van der Waals surface area contributed by atoms with Gasteiger partial charge in [-0.3, -0.25) is 14.5 Å². The highest BCUT2D eigenvalue weighted by Crippen LogP contribution is 1.91. The quantitative estimate of drug-likeness (QED) is 0.523. The number of nitrogens with two attached hydrogens (primary N) is 1. The molecule has 6 heteroatoms. The van der Waals surface area contributed by atoms with Crippen LogP contribution in [0.3, 0.4) is 0 Å². The summed E-state index contributed by atoms with van der Waals surface area (Å²) in [5.41, 5.74) is 4.96. The number of carbonyl (C=O) groups excluding carboxylic acids is 1. The van der Waals surface area contributed by atoms with Crippen molar-refractivity contribution >= 4 is 11.9 Å².